The van der Waals surface area contributed by atoms with E-state index in [4.69, 9.17) is 10.5 Å². The number of amides is 1. The van der Waals surface area contributed by atoms with Gasteiger partial charge in [-0.15, -0.1) is 0 Å². The predicted octanol–water partition coefficient (Wildman–Crippen LogP) is 0.668. The summed E-state index contributed by atoms with van der Waals surface area (Å²) in [5, 5.41) is 0. The molecule has 1 aliphatic rings. The van der Waals surface area contributed by atoms with E-state index >= 15 is 0 Å². The van der Waals surface area contributed by atoms with Crippen LogP contribution >= 0.6 is 0 Å². The molecule has 0 aromatic carbocycles. The van der Waals surface area contributed by atoms with Gasteiger partial charge < -0.3 is 15.4 Å². The highest BCUT2D eigenvalue weighted by Gasteiger charge is 2.34. The van der Waals surface area contributed by atoms with Gasteiger partial charge in [-0.05, 0) is 32.6 Å². The third kappa shape index (κ3) is 3.43. The molecular weight excluding hydrogens is 220 g/mol. The smallest absolute Gasteiger partial charge is 0.328 e. The van der Waals surface area contributed by atoms with Crippen molar-refractivity contribution in [2.75, 3.05) is 13.2 Å². The first kappa shape index (κ1) is 14.0. The van der Waals surface area contributed by atoms with Crippen LogP contribution in [0, 0.1) is 0 Å². The first-order valence-electron chi connectivity index (χ1n) is 6.34. The van der Waals surface area contributed by atoms with Crippen molar-refractivity contribution in [3.8, 4) is 0 Å². The minimum absolute atomic E-state index is 0.134. The minimum atomic E-state index is -0.509. The summed E-state index contributed by atoms with van der Waals surface area (Å²) in [6, 6.07) is -0.946. The number of nitrogens with zero attached hydrogens (tertiary/aromatic N) is 1. The number of nitrogens with two attached hydrogens (primary N) is 1. The van der Waals surface area contributed by atoms with Crippen molar-refractivity contribution >= 4 is 11.9 Å². The van der Waals surface area contributed by atoms with Crippen molar-refractivity contribution in [1.29, 1.82) is 0 Å². The van der Waals surface area contributed by atoms with E-state index in [2.05, 4.69) is 0 Å². The second-order valence-electron chi connectivity index (χ2n) is 4.31. The Morgan fingerprint density at radius 3 is 2.71 bits per heavy atom. The molecule has 0 spiro atoms. The van der Waals surface area contributed by atoms with Crippen LogP contribution in [-0.4, -0.2) is 42.0 Å². The van der Waals surface area contributed by atoms with E-state index < -0.39 is 12.1 Å². The van der Waals surface area contributed by atoms with E-state index in [9.17, 15) is 9.59 Å². The highest BCUT2D eigenvalue weighted by molar-refractivity contribution is 5.87. The summed E-state index contributed by atoms with van der Waals surface area (Å²) >= 11 is 0. The topological polar surface area (TPSA) is 72.6 Å². The molecule has 0 aliphatic carbocycles. The number of esters is 1. The average molecular weight is 242 g/mol. The van der Waals surface area contributed by atoms with Crippen LogP contribution in [0.25, 0.3) is 0 Å². The molecule has 0 bridgehead atoms. The Kier molecular flexibility index (Phi) is 5.41. The summed E-state index contributed by atoms with van der Waals surface area (Å²) in [5.74, 6) is -0.436. The number of piperidine rings is 1. The van der Waals surface area contributed by atoms with Crippen molar-refractivity contribution < 1.29 is 14.3 Å². The van der Waals surface area contributed by atoms with Crippen molar-refractivity contribution in [1.82, 2.24) is 4.90 Å². The van der Waals surface area contributed by atoms with E-state index in [-0.39, 0.29) is 11.9 Å². The third-order valence-corrected chi connectivity index (χ3v) is 3.10. The number of carbonyl (C=O) groups excluding carboxylic acids is 2. The van der Waals surface area contributed by atoms with Gasteiger partial charge in [-0.2, -0.15) is 0 Å². The maximum Gasteiger partial charge on any atom is 0.328 e. The normalized spacial score (nSPS) is 22.1. The van der Waals surface area contributed by atoms with Gasteiger partial charge in [0.25, 0.3) is 0 Å². The van der Waals surface area contributed by atoms with Gasteiger partial charge in [-0.3, -0.25) is 4.79 Å². The van der Waals surface area contributed by atoms with Gasteiger partial charge >= 0.3 is 5.97 Å². The van der Waals surface area contributed by atoms with Gasteiger partial charge in [0, 0.05) is 6.54 Å². The molecule has 0 aromatic heterocycles. The van der Waals surface area contributed by atoms with Gasteiger partial charge in [-0.1, -0.05) is 6.92 Å². The van der Waals surface area contributed by atoms with E-state index in [0.717, 1.165) is 12.8 Å². The minimum Gasteiger partial charge on any atom is -0.464 e. The number of rotatable bonds is 4. The van der Waals surface area contributed by atoms with Gasteiger partial charge in [0.1, 0.15) is 6.04 Å². The summed E-state index contributed by atoms with van der Waals surface area (Å²) in [6.45, 7) is 4.59. The maximum absolute atomic E-state index is 12.0. The molecule has 0 saturated carbocycles. The SMILES string of the molecule is CCOC(=O)C1CCCCN1C(=O)[C@H](N)CC. The zero-order chi connectivity index (χ0) is 12.8. The molecule has 2 N–H and O–H groups in total. The van der Waals surface area contributed by atoms with Gasteiger partial charge in [0.15, 0.2) is 0 Å². The molecule has 5 nitrogen and oxygen atoms in total. The average Bonchev–Trinajstić information content (AvgIpc) is 2.37. The fourth-order valence-corrected chi connectivity index (χ4v) is 2.07. The lowest BCUT2D eigenvalue weighted by molar-refractivity contribution is -0.157. The zero-order valence-electron chi connectivity index (χ0n) is 10.6. The lowest BCUT2D eigenvalue weighted by atomic mass is 10.0. The van der Waals surface area contributed by atoms with Crippen LogP contribution in [-0.2, 0) is 14.3 Å². The van der Waals surface area contributed by atoms with E-state index in [0.29, 0.717) is 26.0 Å². The molecule has 1 aliphatic heterocycles. The standard InChI is InChI=1S/C12H22N2O3/c1-3-9(13)11(15)14-8-6-5-7-10(14)12(16)17-4-2/h9-10H,3-8,13H2,1-2H3/t9-,10?/m1/s1. The van der Waals surface area contributed by atoms with Crippen LogP contribution in [0.1, 0.15) is 39.5 Å². The van der Waals surface area contributed by atoms with Crippen molar-refractivity contribution in [3.05, 3.63) is 0 Å². The Bertz CT molecular complexity index is 281. The molecular formula is C12H22N2O3. The fourth-order valence-electron chi connectivity index (χ4n) is 2.07. The molecule has 0 aromatic rings. The number of hydrogen-bond acceptors (Lipinski definition) is 4. The first-order valence-corrected chi connectivity index (χ1v) is 6.34. The quantitative estimate of drug-likeness (QED) is 0.735. The molecule has 2 atom stereocenters. The van der Waals surface area contributed by atoms with Crippen LogP contribution in [0.3, 0.4) is 0 Å². The van der Waals surface area contributed by atoms with Gasteiger partial charge in [0.05, 0.1) is 12.6 Å². The Labute approximate surface area is 102 Å². The summed E-state index contributed by atoms with van der Waals surface area (Å²) in [6.07, 6.45) is 3.15. The molecule has 0 radical (unpaired) electrons. The first-order chi connectivity index (χ1) is 8.11. The number of carbonyl (C=O) groups is 2. The monoisotopic (exact) mass is 242 g/mol. The lowest BCUT2D eigenvalue weighted by Gasteiger charge is -2.35. The summed E-state index contributed by atoms with van der Waals surface area (Å²) in [4.78, 5) is 25.4. The molecule has 98 valence electrons. The fraction of sp³-hybridized carbons (Fsp3) is 0.833. The van der Waals surface area contributed by atoms with Crippen molar-refractivity contribution in [2.45, 2.75) is 51.6 Å². The van der Waals surface area contributed by atoms with Crippen LogP contribution in [0.15, 0.2) is 0 Å². The van der Waals surface area contributed by atoms with Crippen LogP contribution in [0.4, 0.5) is 0 Å². The zero-order valence-corrected chi connectivity index (χ0v) is 10.6. The second-order valence-corrected chi connectivity index (χ2v) is 4.31. The summed E-state index contributed by atoms with van der Waals surface area (Å²) < 4.78 is 5.00. The maximum atomic E-state index is 12.0. The Morgan fingerprint density at radius 2 is 2.12 bits per heavy atom. The lowest BCUT2D eigenvalue weighted by Crippen LogP contribution is -2.53. The Balaban J connectivity index is 2.71. The van der Waals surface area contributed by atoms with Crippen LogP contribution in [0.2, 0.25) is 0 Å². The van der Waals surface area contributed by atoms with E-state index in [1.165, 1.54) is 0 Å². The third-order valence-electron chi connectivity index (χ3n) is 3.10. The van der Waals surface area contributed by atoms with Crippen molar-refractivity contribution in [3.63, 3.8) is 0 Å². The van der Waals surface area contributed by atoms with Crippen LogP contribution in [0.5, 0.6) is 0 Å². The second kappa shape index (κ2) is 6.59. The Morgan fingerprint density at radius 1 is 1.41 bits per heavy atom. The van der Waals surface area contributed by atoms with E-state index in [1.807, 2.05) is 6.92 Å². The Hall–Kier alpha value is -1.10. The van der Waals surface area contributed by atoms with Crippen LogP contribution < -0.4 is 5.73 Å². The molecule has 1 rings (SSSR count). The highest BCUT2D eigenvalue weighted by atomic mass is 16.5. The number of hydrogen-bond donors (Lipinski definition) is 1. The predicted molar refractivity (Wildman–Crippen MR) is 64.3 cm³/mol. The molecule has 1 unspecified atom stereocenters. The highest BCUT2D eigenvalue weighted by Crippen LogP contribution is 2.19. The summed E-state index contributed by atoms with van der Waals surface area (Å²) in [7, 11) is 0. The molecule has 5 heteroatoms. The molecule has 17 heavy (non-hydrogen) atoms. The summed E-state index contributed by atoms with van der Waals surface area (Å²) in [5.41, 5.74) is 5.74. The van der Waals surface area contributed by atoms with Gasteiger partial charge in [-0.25, -0.2) is 4.79 Å². The van der Waals surface area contributed by atoms with Crippen molar-refractivity contribution in [2.24, 2.45) is 5.73 Å². The molecule has 1 heterocycles. The van der Waals surface area contributed by atoms with Gasteiger partial charge in [0.2, 0.25) is 5.91 Å². The molecule has 1 fully saturated rings. The van der Waals surface area contributed by atoms with E-state index in [1.54, 1.807) is 11.8 Å². The largest absolute Gasteiger partial charge is 0.464 e. The molecule has 1 saturated heterocycles. The number of likely N-dealkylation sites (tertiary alicyclic amines) is 1. The molecule has 1 amide bonds. The number of ether oxygens (including phenoxy) is 1.